The highest BCUT2D eigenvalue weighted by atomic mass is 32.2. The summed E-state index contributed by atoms with van der Waals surface area (Å²) in [7, 11) is 0. The van der Waals surface area contributed by atoms with Gasteiger partial charge in [-0.15, -0.1) is 5.10 Å². The van der Waals surface area contributed by atoms with Crippen molar-refractivity contribution in [2.45, 2.75) is 39.5 Å². The number of nitrogens with zero attached hydrogens (tertiary/aromatic N) is 2. The van der Waals surface area contributed by atoms with Crippen molar-refractivity contribution in [2.75, 3.05) is 13.2 Å². The van der Waals surface area contributed by atoms with Gasteiger partial charge in [-0.3, -0.25) is 9.59 Å². The summed E-state index contributed by atoms with van der Waals surface area (Å²) in [6.07, 6.45) is 0.711. The molecule has 0 saturated carbocycles. The number of para-hydroxylation sites is 1. The number of hydrazone groups is 1. The Labute approximate surface area is 186 Å². The summed E-state index contributed by atoms with van der Waals surface area (Å²) >= 11 is 1.30. The standard InChI is InChI=1S/C23H27N3O4S/c1-15-10-11-19(14-16(15)2)29-12-7-13-30-21-9-6-5-8-20(21)22-26(18(4)28)25-23(31-22)24-17(3)27/h5-6,8-11,14,22H,7,12-13H2,1-4H3,(H,24,25,27). The molecule has 1 heterocycles. The molecule has 8 heteroatoms. The van der Waals surface area contributed by atoms with E-state index < -0.39 is 5.37 Å². The Morgan fingerprint density at radius 1 is 1.06 bits per heavy atom. The minimum Gasteiger partial charge on any atom is -0.493 e. The van der Waals surface area contributed by atoms with Crippen LogP contribution in [0.3, 0.4) is 0 Å². The van der Waals surface area contributed by atoms with Crippen molar-refractivity contribution >= 4 is 28.7 Å². The van der Waals surface area contributed by atoms with Crippen LogP contribution in [0.4, 0.5) is 0 Å². The molecule has 3 rings (SSSR count). The van der Waals surface area contributed by atoms with Gasteiger partial charge in [0, 0.05) is 25.8 Å². The molecule has 1 N–H and O–H groups in total. The molecule has 1 unspecified atom stereocenters. The fraction of sp³-hybridized carbons (Fsp3) is 0.348. The third-order valence-corrected chi connectivity index (χ3v) is 5.81. The van der Waals surface area contributed by atoms with Crippen LogP contribution >= 0.6 is 11.8 Å². The van der Waals surface area contributed by atoms with Crippen LogP contribution in [0.15, 0.2) is 47.6 Å². The van der Waals surface area contributed by atoms with Crippen molar-refractivity contribution in [3.05, 3.63) is 59.2 Å². The summed E-state index contributed by atoms with van der Waals surface area (Å²) in [5, 5.41) is 8.24. The lowest BCUT2D eigenvalue weighted by molar-refractivity contribution is -0.129. The number of rotatable bonds is 7. The first-order valence-corrected chi connectivity index (χ1v) is 11.0. The lowest BCUT2D eigenvalue weighted by atomic mass is 10.1. The molecule has 0 aromatic heterocycles. The van der Waals surface area contributed by atoms with E-state index in [9.17, 15) is 9.59 Å². The van der Waals surface area contributed by atoms with Gasteiger partial charge in [0.15, 0.2) is 5.17 Å². The van der Waals surface area contributed by atoms with Crippen molar-refractivity contribution in [1.82, 2.24) is 10.3 Å². The monoisotopic (exact) mass is 441 g/mol. The highest BCUT2D eigenvalue weighted by molar-refractivity contribution is 8.14. The van der Waals surface area contributed by atoms with E-state index in [0.717, 1.165) is 11.3 Å². The second-order valence-corrected chi connectivity index (χ2v) is 8.32. The Kier molecular flexibility index (Phi) is 7.57. The number of thioether (sulfide) groups is 1. The van der Waals surface area contributed by atoms with Crippen molar-refractivity contribution < 1.29 is 19.1 Å². The number of hydrogen-bond acceptors (Lipinski definition) is 6. The summed E-state index contributed by atoms with van der Waals surface area (Å²) in [6.45, 7) is 8.00. The lowest BCUT2D eigenvalue weighted by Gasteiger charge is -2.21. The first-order chi connectivity index (χ1) is 14.8. The van der Waals surface area contributed by atoms with E-state index in [2.05, 4.69) is 30.3 Å². The van der Waals surface area contributed by atoms with Gasteiger partial charge in [-0.25, -0.2) is 5.01 Å². The number of hydrogen-bond donors (Lipinski definition) is 1. The molecule has 31 heavy (non-hydrogen) atoms. The molecule has 1 aliphatic heterocycles. The molecular formula is C23H27N3O4S. The molecule has 7 nitrogen and oxygen atoms in total. The highest BCUT2D eigenvalue weighted by Crippen LogP contribution is 2.42. The van der Waals surface area contributed by atoms with Crippen LogP contribution in [0.2, 0.25) is 0 Å². The van der Waals surface area contributed by atoms with E-state index in [1.165, 1.54) is 41.7 Å². The minimum atomic E-state index is -0.401. The molecule has 0 spiro atoms. The van der Waals surface area contributed by atoms with Gasteiger partial charge in [0.1, 0.15) is 16.9 Å². The summed E-state index contributed by atoms with van der Waals surface area (Å²) in [4.78, 5) is 23.5. The average molecular weight is 442 g/mol. The zero-order chi connectivity index (χ0) is 22.4. The Morgan fingerprint density at radius 3 is 2.52 bits per heavy atom. The number of amidine groups is 1. The maximum atomic E-state index is 12.1. The predicted molar refractivity (Wildman–Crippen MR) is 122 cm³/mol. The molecule has 0 fully saturated rings. The van der Waals surface area contributed by atoms with E-state index >= 15 is 0 Å². The van der Waals surface area contributed by atoms with Gasteiger partial charge in [0.2, 0.25) is 11.8 Å². The van der Waals surface area contributed by atoms with Crippen molar-refractivity contribution in [3.63, 3.8) is 0 Å². The van der Waals surface area contributed by atoms with Gasteiger partial charge in [-0.2, -0.15) is 0 Å². The van der Waals surface area contributed by atoms with E-state index in [1.54, 1.807) is 0 Å². The fourth-order valence-electron chi connectivity index (χ4n) is 3.02. The first kappa shape index (κ1) is 22.7. The smallest absolute Gasteiger partial charge is 0.241 e. The zero-order valence-corrected chi connectivity index (χ0v) is 19.0. The number of ether oxygens (including phenoxy) is 2. The quantitative estimate of drug-likeness (QED) is 0.653. The van der Waals surface area contributed by atoms with E-state index in [0.29, 0.717) is 30.6 Å². The second-order valence-electron chi connectivity index (χ2n) is 7.25. The molecule has 0 bridgehead atoms. The first-order valence-electron chi connectivity index (χ1n) is 10.1. The number of carbonyl (C=O) groups excluding carboxylic acids is 2. The number of nitrogens with one attached hydrogen (secondary N) is 1. The van der Waals surface area contributed by atoms with Gasteiger partial charge in [-0.1, -0.05) is 36.0 Å². The van der Waals surface area contributed by atoms with Crippen LogP contribution in [0.1, 0.15) is 42.3 Å². The number of carbonyl (C=O) groups is 2. The second kappa shape index (κ2) is 10.3. The Hall–Kier alpha value is -3.00. The highest BCUT2D eigenvalue weighted by Gasteiger charge is 2.34. The fourth-order valence-corrected chi connectivity index (χ4v) is 4.18. The van der Waals surface area contributed by atoms with Crippen LogP contribution in [0.5, 0.6) is 11.5 Å². The van der Waals surface area contributed by atoms with Gasteiger partial charge in [-0.05, 0) is 43.2 Å². The molecule has 2 aromatic carbocycles. The molecule has 1 aliphatic rings. The largest absolute Gasteiger partial charge is 0.493 e. The normalized spacial score (nSPS) is 15.4. The maximum Gasteiger partial charge on any atom is 0.241 e. The van der Waals surface area contributed by atoms with E-state index in [4.69, 9.17) is 9.47 Å². The minimum absolute atomic E-state index is 0.213. The van der Waals surface area contributed by atoms with Crippen LogP contribution in [-0.4, -0.2) is 35.2 Å². The van der Waals surface area contributed by atoms with Gasteiger partial charge in [0.25, 0.3) is 0 Å². The zero-order valence-electron chi connectivity index (χ0n) is 18.2. The van der Waals surface area contributed by atoms with Crippen LogP contribution in [0, 0.1) is 13.8 Å². The number of aryl methyl sites for hydroxylation is 2. The number of benzene rings is 2. The van der Waals surface area contributed by atoms with Crippen LogP contribution < -0.4 is 14.8 Å². The van der Waals surface area contributed by atoms with E-state index in [1.807, 2.05) is 36.4 Å². The van der Waals surface area contributed by atoms with E-state index in [-0.39, 0.29) is 11.8 Å². The Morgan fingerprint density at radius 2 is 1.81 bits per heavy atom. The molecule has 0 saturated heterocycles. The topological polar surface area (TPSA) is 80.2 Å². The van der Waals surface area contributed by atoms with Crippen molar-refractivity contribution in [1.29, 1.82) is 0 Å². The van der Waals surface area contributed by atoms with Crippen molar-refractivity contribution in [2.24, 2.45) is 5.10 Å². The molecule has 164 valence electrons. The number of amides is 2. The third kappa shape index (κ3) is 6.01. The summed E-state index contributed by atoms with van der Waals surface area (Å²) in [5.74, 6) is 1.08. The third-order valence-electron chi connectivity index (χ3n) is 4.73. The maximum absolute atomic E-state index is 12.1. The predicted octanol–water partition coefficient (Wildman–Crippen LogP) is 4.15. The van der Waals surface area contributed by atoms with Crippen molar-refractivity contribution in [3.8, 4) is 11.5 Å². The molecular weight excluding hydrogens is 414 g/mol. The Balaban J connectivity index is 1.59. The van der Waals surface area contributed by atoms with Gasteiger partial charge in [0.05, 0.1) is 13.2 Å². The molecule has 0 radical (unpaired) electrons. The lowest BCUT2D eigenvalue weighted by Crippen LogP contribution is -2.25. The summed E-state index contributed by atoms with van der Waals surface area (Å²) < 4.78 is 11.8. The van der Waals surface area contributed by atoms with Gasteiger partial charge >= 0.3 is 0 Å². The van der Waals surface area contributed by atoms with Crippen LogP contribution in [-0.2, 0) is 9.59 Å². The van der Waals surface area contributed by atoms with Gasteiger partial charge < -0.3 is 14.8 Å². The SMILES string of the molecule is CC(=O)NC1=NN(C(C)=O)C(c2ccccc2OCCCOc2ccc(C)c(C)c2)S1. The molecule has 2 aromatic rings. The molecule has 2 amide bonds. The van der Waals surface area contributed by atoms with Crippen LogP contribution in [0.25, 0.3) is 0 Å². The molecule has 1 atom stereocenters. The molecule has 0 aliphatic carbocycles. The summed E-state index contributed by atoms with van der Waals surface area (Å²) in [6, 6.07) is 13.6. The summed E-state index contributed by atoms with van der Waals surface area (Å²) in [5.41, 5.74) is 3.26. The Bertz CT molecular complexity index is 993. The average Bonchev–Trinajstić information content (AvgIpc) is 3.14.